The Kier molecular flexibility index (Phi) is 2.91. The highest BCUT2D eigenvalue weighted by atomic mass is 35.5. The zero-order chi connectivity index (χ0) is 14.4. The van der Waals surface area contributed by atoms with Gasteiger partial charge in [-0.1, -0.05) is 48.0 Å². The zero-order valence-electron chi connectivity index (χ0n) is 11.3. The Labute approximate surface area is 131 Å². The van der Waals surface area contributed by atoms with Gasteiger partial charge in [0.1, 0.15) is 9.98 Å². The van der Waals surface area contributed by atoms with Gasteiger partial charge in [0.25, 0.3) is 0 Å². The zero-order valence-corrected chi connectivity index (χ0v) is 12.9. The quantitative estimate of drug-likeness (QED) is 0.435. The third kappa shape index (κ3) is 2.19. The van der Waals surface area contributed by atoms with Crippen molar-refractivity contribution in [3.8, 4) is 11.4 Å². The third-order valence-electron chi connectivity index (χ3n) is 3.48. The number of rotatable bonds is 1. The van der Waals surface area contributed by atoms with E-state index in [4.69, 9.17) is 11.6 Å². The van der Waals surface area contributed by atoms with Gasteiger partial charge in [0.15, 0.2) is 5.82 Å². The van der Waals surface area contributed by atoms with Crippen molar-refractivity contribution in [1.82, 2.24) is 9.97 Å². The summed E-state index contributed by atoms with van der Waals surface area (Å²) in [4.78, 5) is 11.2. The maximum atomic E-state index is 6.30. The van der Waals surface area contributed by atoms with E-state index in [-0.39, 0.29) is 0 Å². The van der Waals surface area contributed by atoms with Crippen LogP contribution in [0.4, 0.5) is 0 Å². The number of nitrogens with zero attached hydrogens (tertiary/aromatic N) is 2. The van der Waals surface area contributed by atoms with Crippen molar-refractivity contribution >= 4 is 43.9 Å². The van der Waals surface area contributed by atoms with Crippen LogP contribution < -0.4 is 0 Å². The van der Waals surface area contributed by atoms with Gasteiger partial charge in [-0.2, -0.15) is 0 Å². The van der Waals surface area contributed by atoms with E-state index in [1.165, 1.54) is 15.6 Å². The minimum atomic E-state index is 0.521. The molecule has 0 spiro atoms. The number of aryl methyl sites for hydroxylation is 1. The smallest absolute Gasteiger partial charge is 0.162 e. The number of benzene rings is 2. The molecule has 4 heteroatoms. The summed E-state index contributed by atoms with van der Waals surface area (Å²) >= 11 is 7.94. The molecule has 2 heterocycles. The number of hydrogen-bond donors (Lipinski definition) is 0. The van der Waals surface area contributed by atoms with Crippen LogP contribution in [0.15, 0.2) is 48.5 Å². The highest BCUT2D eigenvalue weighted by Crippen LogP contribution is 2.31. The summed E-state index contributed by atoms with van der Waals surface area (Å²) in [6.07, 6.45) is 0. The second-order valence-electron chi connectivity index (χ2n) is 4.98. The van der Waals surface area contributed by atoms with Gasteiger partial charge >= 0.3 is 0 Å². The SMILES string of the molecule is Cc1cc2c(Cl)nc(-c3ccc4ccccc4c3)nc2s1. The van der Waals surface area contributed by atoms with E-state index in [9.17, 15) is 0 Å². The molecular weight excluding hydrogens is 300 g/mol. The maximum absolute atomic E-state index is 6.30. The molecular formula is C17H11ClN2S. The summed E-state index contributed by atoms with van der Waals surface area (Å²) < 4.78 is 0. The molecule has 0 unspecified atom stereocenters. The van der Waals surface area contributed by atoms with E-state index >= 15 is 0 Å². The molecule has 0 saturated carbocycles. The molecule has 0 aliphatic heterocycles. The Morgan fingerprint density at radius 1 is 0.952 bits per heavy atom. The van der Waals surface area contributed by atoms with Crippen LogP contribution in [-0.2, 0) is 0 Å². The van der Waals surface area contributed by atoms with Crippen molar-refractivity contribution in [3.05, 3.63) is 58.6 Å². The Bertz CT molecular complexity index is 975. The van der Waals surface area contributed by atoms with E-state index in [1.807, 2.05) is 24.3 Å². The molecule has 0 bridgehead atoms. The van der Waals surface area contributed by atoms with Crippen LogP contribution >= 0.6 is 22.9 Å². The van der Waals surface area contributed by atoms with Crippen molar-refractivity contribution in [3.63, 3.8) is 0 Å². The molecule has 0 saturated heterocycles. The molecule has 0 atom stereocenters. The van der Waals surface area contributed by atoms with Crippen LogP contribution in [0.1, 0.15) is 4.88 Å². The predicted molar refractivity (Wildman–Crippen MR) is 90.1 cm³/mol. The lowest BCUT2D eigenvalue weighted by Crippen LogP contribution is -1.89. The van der Waals surface area contributed by atoms with Gasteiger partial charge in [-0.3, -0.25) is 0 Å². The average Bonchev–Trinajstić information content (AvgIpc) is 2.88. The molecule has 0 fully saturated rings. The van der Waals surface area contributed by atoms with Crippen molar-refractivity contribution < 1.29 is 0 Å². The molecule has 4 aromatic rings. The summed E-state index contributed by atoms with van der Waals surface area (Å²) in [5.41, 5.74) is 0.989. The van der Waals surface area contributed by atoms with Gasteiger partial charge in [0.05, 0.1) is 0 Å². The molecule has 0 amide bonds. The van der Waals surface area contributed by atoms with E-state index in [2.05, 4.69) is 41.2 Å². The molecule has 0 radical (unpaired) electrons. The number of thiophene rings is 1. The van der Waals surface area contributed by atoms with Crippen LogP contribution in [-0.4, -0.2) is 9.97 Å². The fraction of sp³-hybridized carbons (Fsp3) is 0.0588. The highest BCUT2D eigenvalue weighted by Gasteiger charge is 2.10. The molecule has 21 heavy (non-hydrogen) atoms. The van der Waals surface area contributed by atoms with Crippen LogP contribution in [0.3, 0.4) is 0 Å². The third-order valence-corrected chi connectivity index (χ3v) is 4.71. The fourth-order valence-electron chi connectivity index (χ4n) is 2.46. The molecule has 0 aliphatic rings. The lowest BCUT2D eigenvalue weighted by atomic mass is 10.1. The predicted octanol–water partition coefficient (Wildman–Crippen LogP) is 5.47. The Morgan fingerprint density at radius 2 is 1.76 bits per heavy atom. The molecule has 0 N–H and O–H groups in total. The first-order chi connectivity index (χ1) is 10.2. The summed E-state index contributed by atoms with van der Waals surface area (Å²) in [6.45, 7) is 2.05. The average molecular weight is 311 g/mol. The van der Waals surface area contributed by atoms with Crippen LogP contribution in [0.25, 0.3) is 32.4 Å². The van der Waals surface area contributed by atoms with Crippen LogP contribution in [0.5, 0.6) is 0 Å². The Morgan fingerprint density at radius 3 is 2.62 bits per heavy atom. The topological polar surface area (TPSA) is 25.8 Å². The van der Waals surface area contributed by atoms with Crippen molar-refractivity contribution in [2.75, 3.05) is 0 Å². The lowest BCUT2D eigenvalue weighted by Gasteiger charge is -2.04. The summed E-state index contributed by atoms with van der Waals surface area (Å²) in [7, 11) is 0. The van der Waals surface area contributed by atoms with E-state index in [1.54, 1.807) is 11.3 Å². The van der Waals surface area contributed by atoms with Crippen LogP contribution in [0, 0.1) is 6.92 Å². The van der Waals surface area contributed by atoms with Crippen LogP contribution in [0.2, 0.25) is 5.15 Å². The van der Waals surface area contributed by atoms with Gasteiger partial charge in [-0.25, -0.2) is 9.97 Å². The monoisotopic (exact) mass is 310 g/mol. The number of halogens is 1. The van der Waals surface area contributed by atoms with E-state index < -0.39 is 0 Å². The minimum Gasteiger partial charge on any atom is -0.217 e. The summed E-state index contributed by atoms with van der Waals surface area (Å²) in [5, 5.41) is 3.84. The van der Waals surface area contributed by atoms with Gasteiger partial charge < -0.3 is 0 Å². The maximum Gasteiger partial charge on any atom is 0.162 e. The normalized spacial score (nSPS) is 11.3. The lowest BCUT2D eigenvalue weighted by molar-refractivity contribution is 1.24. The standard InChI is InChI=1S/C17H11ClN2S/c1-10-8-14-15(18)19-16(20-17(14)21-10)13-7-6-11-4-2-3-5-12(11)9-13/h2-9H,1H3. The minimum absolute atomic E-state index is 0.521. The van der Waals surface area contributed by atoms with E-state index in [0.29, 0.717) is 11.0 Å². The summed E-state index contributed by atoms with van der Waals surface area (Å²) in [6, 6.07) is 16.5. The van der Waals surface area contributed by atoms with Crippen molar-refractivity contribution in [2.24, 2.45) is 0 Å². The highest BCUT2D eigenvalue weighted by molar-refractivity contribution is 7.18. The first-order valence-electron chi connectivity index (χ1n) is 6.63. The number of hydrogen-bond acceptors (Lipinski definition) is 3. The second kappa shape index (κ2) is 4.79. The largest absolute Gasteiger partial charge is 0.217 e. The molecule has 4 rings (SSSR count). The number of fused-ring (bicyclic) bond motifs is 2. The molecule has 102 valence electrons. The first kappa shape index (κ1) is 12.7. The summed E-state index contributed by atoms with van der Waals surface area (Å²) in [5.74, 6) is 0.681. The Hall–Kier alpha value is -1.97. The number of aromatic nitrogens is 2. The van der Waals surface area contributed by atoms with Gasteiger partial charge in [0.2, 0.25) is 0 Å². The van der Waals surface area contributed by atoms with Crippen molar-refractivity contribution in [2.45, 2.75) is 6.92 Å². The first-order valence-corrected chi connectivity index (χ1v) is 7.83. The van der Waals surface area contributed by atoms with E-state index in [0.717, 1.165) is 15.8 Å². The second-order valence-corrected chi connectivity index (χ2v) is 6.57. The van der Waals surface area contributed by atoms with Gasteiger partial charge in [-0.15, -0.1) is 11.3 Å². The molecule has 0 aliphatic carbocycles. The molecule has 2 aromatic carbocycles. The fourth-order valence-corrected chi connectivity index (χ4v) is 3.62. The van der Waals surface area contributed by atoms with Gasteiger partial charge in [0, 0.05) is 15.8 Å². The van der Waals surface area contributed by atoms with Gasteiger partial charge in [-0.05, 0) is 29.8 Å². The molecule has 2 aromatic heterocycles. The Balaban J connectivity index is 1.94. The molecule has 2 nitrogen and oxygen atoms in total. The van der Waals surface area contributed by atoms with Crippen molar-refractivity contribution in [1.29, 1.82) is 0 Å².